The molecule has 1 rings (SSSR count). The lowest BCUT2D eigenvalue weighted by molar-refractivity contribution is 0.289. The van der Waals surface area contributed by atoms with Crippen LogP contribution in [0.5, 0.6) is 0 Å². The molecule has 0 spiro atoms. The van der Waals surface area contributed by atoms with Crippen molar-refractivity contribution in [1.82, 2.24) is 4.90 Å². The van der Waals surface area contributed by atoms with Gasteiger partial charge in [-0.15, -0.1) is 0 Å². The second kappa shape index (κ2) is 5.19. The summed E-state index contributed by atoms with van der Waals surface area (Å²) < 4.78 is 22.4. The van der Waals surface area contributed by atoms with Gasteiger partial charge in [-0.3, -0.25) is 4.90 Å². The SMILES string of the molecule is CN(CC=CCS)C1CCS(=O)(=O)C1. The van der Waals surface area contributed by atoms with E-state index in [0.717, 1.165) is 18.7 Å². The molecule has 1 unspecified atom stereocenters. The van der Waals surface area contributed by atoms with Gasteiger partial charge in [-0.05, 0) is 13.5 Å². The molecule has 0 aromatic heterocycles. The first-order valence-corrected chi connectivity index (χ1v) is 7.17. The fourth-order valence-electron chi connectivity index (χ4n) is 1.59. The molecular formula is C9H17NO2S2. The molecule has 1 atom stereocenters. The molecule has 14 heavy (non-hydrogen) atoms. The maximum atomic E-state index is 11.2. The summed E-state index contributed by atoms with van der Waals surface area (Å²) in [6.45, 7) is 0.806. The highest BCUT2D eigenvalue weighted by Crippen LogP contribution is 2.16. The molecule has 0 N–H and O–H groups in total. The lowest BCUT2D eigenvalue weighted by Crippen LogP contribution is -2.32. The highest BCUT2D eigenvalue weighted by molar-refractivity contribution is 7.91. The van der Waals surface area contributed by atoms with E-state index in [-0.39, 0.29) is 6.04 Å². The number of nitrogens with zero attached hydrogens (tertiary/aromatic N) is 1. The van der Waals surface area contributed by atoms with E-state index in [1.807, 2.05) is 19.2 Å². The molecule has 82 valence electrons. The molecule has 0 aliphatic carbocycles. The van der Waals surface area contributed by atoms with E-state index in [2.05, 4.69) is 17.5 Å². The van der Waals surface area contributed by atoms with E-state index in [4.69, 9.17) is 0 Å². The van der Waals surface area contributed by atoms with Gasteiger partial charge in [0, 0.05) is 18.3 Å². The molecule has 0 aromatic rings. The molecule has 0 aromatic carbocycles. The van der Waals surface area contributed by atoms with Gasteiger partial charge < -0.3 is 0 Å². The number of rotatable bonds is 4. The van der Waals surface area contributed by atoms with Crippen LogP contribution in [0.15, 0.2) is 12.2 Å². The summed E-state index contributed by atoms with van der Waals surface area (Å²) in [4.78, 5) is 2.09. The van der Waals surface area contributed by atoms with Gasteiger partial charge in [0.2, 0.25) is 0 Å². The normalized spacial score (nSPS) is 26.4. The highest BCUT2D eigenvalue weighted by Gasteiger charge is 2.29. The summed E-state index contributed by atoms with van der Waals surface area (Å²) in [7, 11) is -0.785. The van der Waals surface area contributed by atoms with E-state index in [1.165, 1.54) is 0 Å². The zero-order chi connectivity index (χ0) is 10.6. The summed E-state index contributed by atoms with van der Waals surface area (Å²) in [5.74, 6) is 1.40. The van der Waals surface area contributed by atoms with E-state index in [1.54, 1.807) is 0 Å². The summed E-state index contributed by atoms with van der Waals surface area (Å²) in [6.07, 6.45) is 4.77. The first-order valence-electron chi connectivity index (χ1n) is 4.71. The van der Waals surface area contributed by atoms with Crippen LogP contribution in [0.25, 0.3) is 0 Å². The largest absolute Gasteiger partial charge is 0.299 e. The van der Waals surface area contributed by atoms with Crippen molar-refractivity contribution in [1.29, 1.82) is 0 Å². The van der Waals surface area contributed by atoms with Gasteiger partial charge in [0.1, 0.15) is 0 Å². The number of thiol groups is 1. The smallest absolute Gasteiger partial charge is 0.151 e. The van der Waals surface area contributed by atoms with Gasteiger partial charge in [-0.2, -0.15) is 12.6 Å². The Morgan fingerprint density at radius 3 is 2.71 bits per heavy atom. The van der Waals surface area contributed by atoms with Gasteiger partial charge in [0.05, 0.1) is 11.5 Å². The fraction of sp³-hybridized carbons (Fsp3) is 0.778. The highest BCUT2D eigenvalue weighted by atomic mass is 32.2. The van der Waals surface area contributed by atoms with Gasteiger partial charge in [0.25, 0.3) is 0 Å². The standard InChI is InChI=1S/C9H17NO2S2/c1-10(5-2-3-6-13)9-4-7-14(11,12)8-9/h2-3,9,13H,4-8H2,1H3. The molecule has 0 amide bonds. The Kier molecular flexibility index (Phi) is 4.47. The first kappa shape index (κ1) is 12.1. The summed E-state index contributed by atoms with van der Waals surface area (Å²) in [5.41, 5.74) is 0. The van der Waals surface area contributed by atoms with Crippen LogP contribution in [0.4, 0.5) is 0 Å². The molecule has 0 radical (unpaired) electrons. The minimum absolute atomic E-state index is 0.199. The lowest BCUT2D eigenvalue weighted by Gasteiger charge is -2.20. The van der Waals surface area contributed by atoms with Gasteiger partial charge in [-0.1, -0.05) is 12.2 Å². The van der Waals surface area contributed by atoms with E-state index in [9.17, 15) is 8.42 Å². The molecule has 0 saturated carbocycles. The molecule has 1 heterocycles. The Labute approximate surface area is 91.5 Å². The Bertz CT molecular complexity index is 298. The van der Waals surface area contributed by atoms with Crippen molar-refractivity contribution in [2.75, 3.05) is 30.9 Å². The average molecular weight is 235 g/mol. The molecule has 0 bridgehead atoms. The summed E-state index contributed by atoms with van der Waals surface area (Å²) >= 11 is 4.06. The van der Waals surface area contributed by atoms with Crippen molar-refractivity contribution < 1.29 is 8.42 Å². The third-order valence-corrected chi connectivity index (χ3v) is 4.46. The fourth-order valence-corrected chi connectivity index (χ4v) is 3.54. The first-order chi connectivity index (χ1) is 6.55. The monoisotopic (exact) mass is 235 g/mol. The maximum absolute atomic E-state index is 11.2. The number of hydrogen-bond donors (Lipinski definition) is 1. The van der Waals surface area contributed by atoms with Crippen molar-refractivity contribution in [3.8, 4) is 0 Å². The van der Waals surface area contributed by atoms with E-state index in [0.29, 0.717) is 11.5 Å². The van der Waals surface area contributed by atoms with Crippen LogP contribution in [0.1, 0.15) is 6.42 Å². The van der Waals surface area contributed by atoms with Gasteiger partial charge in [-0.25, -0.2) is 8.42 Å². The van der Waals surface area contributed by atoms with Crippen LogP contribution in [-0.4, -0.2) is 50.2 Å². The quantitative estimate of drug-likeness (QED) is 0.572. The molecule has 3 nitrogen and oxygen atoms in total. The molecule has 1 aliphatic rings. The Morgan fingerprint density at radius 2 is 2.21 bits per heavy atom. The second-order valence-electron chi connectivity index (χ2n) is 3.65. The van der Waals surface area contributed by atoms with Gasteiger partial charge in [0.15, 0.2) is 9.84 Å². The predicted octanol–water partition coefficient (Wildman–Crippen LogP) is 0.591. The maximum Gasteiger partial charge on any atom is 0.151 e. The zero-order valence-electron chi connectivity index (χ0n) is 8.39. The third kappa shape index (κ3) is 3.63. The minimum Gasteiger partial charge on any atom is -0.299 e. The molecule has 5 heteroatoms. The Balaban J connectivity index is 2.39. The van der Waals surface area contributed by atoms with Crippen LogP contribution < -0.4 is 0 Å². The molecule has 1 saturated heterocycles. The summed E-state index contributed by atoms with van der Waals surface area (Å²) in [5, 5.41) is 0. The summed E-state index contributed by atoms with van der Waals surface area (Å²) in [6, 6.07) is 0.199. The topological polar surface area (TPSA) is 37.4 Å². The Hall–Kier alpha value is -0.000000000000000111. The molecule has 1 aliphatic heterocycles. The number of sulfone groups is 1. The second-order valence-corrected chi connectivity index (χ2v) is 6.24. The van der Waals surface area contributed by atoms with Crippen LogP contribution >= 0.6 is 12.6 Å². The number of likely N-dealkylation sites (N-methyl/N-ethyl adjacent to an activating group) is 1. The van der Waals surface area contributed by atoms with Crippen LogP contribution in [0, 0.1) is 0 Å². The van der Waals surface area contributed by atoms with Crippen LogP contribution in [0.2, 0.25) is 0 Å². The molecular weight excluding hydrogens is 218 g/mol. The van der Waals surface area contributed by atoms with Crippen molar-refractivity contribution >= 4 is 22.5 Å². The molecule has 1 fully saturated rings. The van der Waals surface area contributed by atoms with Crippen molar-refractivity contribution in [3.63, 3.8) is 0 Å². The van der Waals surface area contributed by atoms with Crippen LogP contribution in [0.3, 0.4) is 0 Å². The predicted molar refractivity (Wildman–Crippen MR) is 62.7 cm³/mol. The average Bonchev–Trinajstić information content (AvgIpc) is 2.46. The van der Waals surface area contributed by atoms with Crippen LogP contribution in [-0.2, 0) is 9.84 Å². The van der Waals surface area contributed by atoms with Gasteiger partial charge >= 0.3 is 0 Å². The van der Waals surface area contributed by atoms with Crippen molar-refractivity contribution in [2.24, 2.45) is 0 Å². The zero-order valence-corrected chi connectivity index (χ0v) is 10.1. The van der Waals surface area contributed by atoms with E-state index >= 15 is 0 Å². The number of hydrogen-bond acceptors (Lipinski definition) is 4. The minimum atomic E-state index is -2.75. The third-order valence-electron chi connectivity index (χ3n) is 2.50. The Morgan fingerprint density at radius 1 is 1.50 bits per heavy atom. The van der Waals surface area contributed by atoms with Crippen molar-refractivity contribution in [3.05, 3.63) is 12.2 Å². The van der Waals surface area contributed by atoms with E-state index < -0.39 is 9.84 Å². The van der Waals surface area contributed by atoms with Crippen molar-refractivity contribution in [2.45, 2.75) is 12.5 Å². The lowest BCUT2D eigenvalue weighted by atomic mass is 10.2.